The molecule has 0 heterocycles. The summed E-state index contributed by atoms with van der Waals surface area (Å²) in [6.07, 6.45) is 0. The molecule has 0 spiro atoms. The third kappa shape index (κ3) is 4.88. The number of rotatable bonds is 6. The van der Waals surface area contributed by atoms with Crippen molar-refractivity contribution in [3.8, 4) is 5.75 Å². The Bertz CT molecular complexity index is 1010. The Hall–Kier alpha value is -3.34. The topological polar surface area (TPSA) is 67.4 Å². The second-order valence-corrected chi connectivity index (χ2v) is 6.88. The van der Waals surface area contributed by atoms with Gasteiger partial charge in [-0.3, -0.25) is 9.59 Å². The molecule has 0 fully saturated rings. The van der Waals surface area contributed by atoms with Crippen LogP contribution in [0.1, 0.15) is 27.0 Å². The third-order valence-electron chi connectivity index (χ3n) is 4.49. The summed E-state index contributed by atoms with van der Waals surface area (Å²) < 4.78 is 5.23. The zero-order valence-electron chi connectivity index (χ0n) is 16.3. The standard InChI is InChI=1S/C23H24N2O3/c1-15-8-16(2)10-20(9-15)23(27)25-14-22(26)24-13-17-4-5-19-12-21(28-3)7-6-18(19)11-17/h4-12H,13-14H2,1-3H3,(H,24,26)(H,25,27). The molecule has 2 N–H and O–H groups in total. The van der Waals surface area contributed by atoms with Crippen molar-refractivity contribution in [2.45, 2.75) is 20.4 Å². The van der Waals surface area contributed by atoms with Crippen molar-refractivity contribution in [3.05, 3.63) is 76.9 Å². The van der Waals surface area contributed by atoms with E-state index in [9.17, 15) is 9.59 Å². The predicted octanol–water partition coefficient (Wildman–Crippen LogP) is 3.51. The van der Waals surface area contributed by atoms with E-state index in [4.69, 9.17) is 4.74 Å². The highest BCUT2D eigenvalue weighted by atomic mass is 16.5. The van der Waals surface area contributed by atoms with Gasteiger partial charge in [0.25, 0.3) is 5.91 Å². The van der Waals surface area contributed by atoms with Gasteiger partial charge in [0.1, 0.15) is 5.75 Å². The molecular weight excluding hydrogens is 352 g/mol. The maximum absolute atomic E-state index is 12.2. The van der Waals surface area contributed by atoms with Gasteiger partial charge in [0.05, 0.1) is 13.7 Å². The van der Waals surface area contributed by atoms with Crippen LogP contribution in [-0.2, 0) is 11.3 Å². The fraction of sp³-hybridized carbons (Fsp3) is 0.217. The minimum Gasteiger partial charge on any atom is -0.497 e. The number of nitrogens with one attached hydrogen (secondary N) is 2. The number of methoxy groups -OCH3 is 1. The molecule has 0 unspecified atom stereocenters. The van der Waals surface area contributed by atoms with Gasteiger partial charge < -0.3 is 15.4 Å². The summed E-state index contributed by atoms with van der Waals surface area (Å²) in [6.45, 7) is 4.23. The SMILES string of the molecule is COc1ccc2cc(CNC(=O)CNC(=O)c3cc(C)cc(C)c3)ccc2c1. The van der Waals surface area contributed by atoms with E-state index in [1.165, 1.54) is 0 Å². The van der Waals surface area contributed by atoms with Crippen LogP contribution >= 0.6 is 0 Å². The summed E-state index contributed by atoms with van der Waals surface area (Å²) in [4.78, 5) is 24.3. The van der Waals surface area contributed by atoms with Gasteiger partial charge in [0.2, 0.25) is 5.91 Å². The molecule has 28 heavy (non-hydrogen) atoms. The third-order valence-corrected chi connectivity index (χ3v) is 4.49. The minimum atomic E-state index is -0.249. The van der Waals surface area contributed by atoms with Crippen LogP contribution in [0.15, 0.2) is 54.6 Å². The van der Waals surface area contributed by atoms with E-state index in [1.807, 2.05) is 68.4 Å². The summed E-state index contributed by atoms with van der Waals surface area (Å²) in [6, 6.07) is 17.5. The second-order valence-electron chi connectivity index (χ2n) is 6.88. The fourth-order valence-electron chi connectivity index (χ4n) is 3.14. The number of amides is 2. The molecule has 144 valence electrons. The van der Waals surface area contributed by atoms with Gasteiger partial charge in [0.15, 0.2) is 0 Å². The van der Waals surface area contributed by atoms with Crippen molar-refractivity contribution >= 4 is 22.6 Å². The van der Waals surface area contributed by atoms with E-state index in [0.29, 0.717) is 12.1 Å². The Morgan fingerprint density at radius 2 is 1.54 bits per heavy atom. The molecule has 0 aliphatic heterocycles. The van der Waals surface area contributed by atoms with Crippen LogP contribution in [0.25, 0.3) is 10.8 Å². The lowest BCUT2D eigenvalue weighted by molar-refractivity contribution is -0.120. The average molecular weight is 376 g/mol. The number of carbonyl (C=O) groups is 2. The van der Waals surface area contributed by atoms with Crippen molar-refractivity contribution in [3.63, 3.8) is 0 Å². The number of aryl methyl sites for hydroxylation is 2. The van der Waals surface area contributed by atoms with Gasteiger partial charge in [-0.2, -0.15) is 0 Å². The number of carbonyl (C=O) groups excluding carboxylic acids is 2. The van der Waals surface area contributed by atoms with Crippen molar-refractivity contribution in [1.82, 2.24) is 10.6 Å². The molecule has 0 aliphatic rings. The first-order chi connectivity index (χ1) is 13.4. The van der Waals surface area contributed by atoms with Gasteiger partial charge in [-0.15, -0.1) is 0 Å². The molecule has 0 atom stereocenters. The van der Waals surface area contributed by atoms with Crippen LogP contribution in [0.2, 0.25) is 0 Å². The maximum atomic E-state index is 12.2. The molecule has 0 saturated carbocycles. The minimum absolute atomic E-state index is 0.0589. The van der Waals surface area contributed by atoms with Crippen LogP contribution in [0.3, 0.4) is 0 Å². The lowest BCUT2D eigenvalue weighted by Gasteiger charge is -2.09. The van der Waals surface area contributed by atoms with Crippen LogP contribution in [0.4, 0.5) is 0 Å². The highest BCUT2D eigenvalue weighted by Gasteiger charge is 2.09. The number of hydrogen-bond donors (Lipinski definition) is 2. The number of ether oxygens (including phenoxy) is 1. The molecule has 5 nitrogen and oxygen atoms in total. The van der Waals surface area contributed by atoms with Crippen molar-refractivity contribution in [1.29, 1.82) is 0 Å². The Labute approximate surface area is 164 Å². The zero-order chi connectivity index (χ0) is 20.1. The number of benzene rings is 3. The summed E-state index contributed by atoms with van der Waals surface area (Å²) in [7, 11) is 1.64. The summed E-state index contributed by atoms with van der Waals surface area (Å²) in [5, 5.41) is 7.66. The van der Waals surface area contributed by atoms with Crippen LogP contribution in [-0.4, -0.2) is 25.5 Å². The first-order valence-electron chi connectivity index (χ1n) is 9.14. The van der Waals surface area contributed by atoms with Gasteiger partial charge >= 0.3 is 0 Å². The van der Waals surface area contributed by atoms with Crippen LogP contribution in [0, 0.1) is 13.8 Å². The highest BCUT2D eigenvalue weighted by Crippen LogP contribution is 2.21. The molecule has 3 aromatic rings. The number of hydrogen-bond acceptors (Lipinski definition) is 3. The van der Waals surface area contributed by atoms with Gasteiger partial charge in [0, 0.05) is 12.1 Å². The lowest BCUT2D eigenvalue weighted by atomic mass is 10.1. The molecule has 0 radical (unpaired) electrons. The molecular formula is C23H24N2O3. The molecule has 5 heteroatoms. The zero-order valence-corrected chi connectivity index (χ0v) is 16.3. The van der Waals surface area contributed by atoms with Crippen LogP contribution in [0.5, 0.6) is 5.75 Å². The second kappa shape index (κ2) is 8.57. The normalized spacial score (nSPS) is 10.5. The van der Waals surface area contributed by atoms with E-state index >= 15 is 0 Å². The van der Waals surface area contributed by atoms with Crippen molar-refractivity contribution in [2.24, 2.45) is 0 Å². The summed E-state index contributed by atoms with van der Waals surface area (Å²) >= 11 is 0. The Morgan fingerprint density at radius 1 is 0.857 bits per heavy atom. The van der Waals surface area contributed by atoms with Crippen LogP contribution < -0.4 is 15.4 Å². The molecule has 0 aromatic heterocycles. The Morgan fingerprint density at radius 3 is 2.25 bits per heavy atom. The largest absolute Gasteiger partial charge is 0.497 e. The Kier molecular flexibility index (Phi) is 5.94. The van der Waals surface area contributed by atoms with E-state index < -0.39 is 0 Å². The molecule has 3 rings (SSSR count). The first-order valence-corrected chi connectivity index (χ1v) is 9.14. The molecule has 0 aliphatic carbocycles. The van der Waals surface area contributed by atoms with Gasteiger partial charge in [-0.05, 0) is 60.5 Å². The molecule has 0 bridgehead atoms. The molecule has 3 aromatic carbocycles. The lowest BCUT2D eigenvalue weighted by Crippen LogP contribution is -2.36. The van der Waals surface area contributed by atoms with Crippen molar-refractivity contribution in [2.75, 3.05) is 13.7 Å². The molecule has 0 saturated heterocycles. The van der Waals surface area contributed by atoms with E-state index in [0.717, 1.165) is 33.2 Å². The smallest absolute Gasteiger partial charge is 0.251 e. The van der Waals surface area contributed by atoms with Crippen molar-refractivity contribution < 1.29 is 14.3 Å². The quantitative estimate of drug-likeness (QED) is 0.692. The van der Waals surface area contributed by atoms with Gasteiger partial charge in [-0.1, -0.05) is 35.4 Å². The molecule has 2 amide bonds. The summed E-state index contributed by atoms with van der Waals surface area (Å²) in [5.74, 6) is 0.335. The number of fused-ring (bicyclic) bond motifs is 1. The average Bonchev–Trinajstić information content (AvgIpc) is 2.69. The summed E-state index contributed by atoms with van der Waals surface area (Å²) in [5.41, 5.74) is 3.59. The van der Waals surface area contributed by atoms with E-state index in [2.05, 4.69) is 10.6 Å². The first kappa shape index (κ1) is 19.4. The highest BCUT2D eigenvalue weighted by molar-refractivity contribution is 5.96. The predicted molar refractivity (Wildman–Crippen MR) is 111 cm³/mol. The Balaban J connectivity index is 1.54. The van der Waals surface area contributed by atoms with E-state index in [-0.39, 0.29) is 18.4 Å². The monoisotopic (exact) mass is 376 g/mol. The maximum Gasteiger partial charge on any atom is 0.251 e. The van der Waals surface area contributed by atoms with Gasteiger partial charge in [-0.25, -0.2) is 0 Å². The fourth-order valence-corrected chi connectivity index (χ4v) is 3.14. The van der Waals surface area contributed by atoms with E-state index in [1.54, 1.807) is 7.11 Å².